The summed E-state index contributed by atoms with van der Waals surface area (Å²) in [6.07, 6.45) is 0.946. The van der Waals surface area contributed by atoms with Crippen LogP contribution in [0.25, 0.3) is 0 Å². The molecule has 1 aromatic rings. The van der Waals surface area contributed by atoms with E-state index in [0.29, 0.717) is 13.2 Å². The Morgan fingerprint density at radius 2 is 2.38 bits per heavy atom. The van der Waals surface area contributed by atoms with E-state index in [9.17, 15) is 4.39 Å². The standard InChI is InChI=1S/C13H18FNO/c14-13(12-5-2-6-16-9-12)11-4-1-3-10(7-11)8-15/h1,3-4,7,12-13H,2,5-6,8-9,15H2. The van der Waals surface area contributed by atoms with Gasteiger partial charge in [0.15, 0.2) is 0 Å². The highest BCUT2D eigenvalue weighted by atomic mass is 19.1. The van der Waals surface area contributed by atoms with Crippen molar-refractivity contribution >= 4 is 0 Å². The molecule has 2 N–H and O–H groups in total. The molecule has 3 heteroatoms. The maximum Gasteiger partial charge on any atom is 0.130 e. The summed E-state index contributed by atoms with van der Waals surface area (Å²) in [7, 11) is 0. The second-order valence-corrected chi connectivity index (χ2v) is 4.33. The lowest BCUT2D eigenvalue weighted by Crippen LogP contribution is -2.21. The van der Waals surface area contributed by atoms with E-state index in [-0.39, 0.29) is 5.92 Å². The van der Waals surface area contributed by atoms with Crippen LogP contribution in [-0.2, 0) is 11.3 Å². The molecule has 2 atom stereocenters. The Morgan fingerprint density at radius 3 is 3.06 bits per heavy atom. The molecule has 0 amide bonds. The van der Waals surface area contributed by atoms with Crippen molar-refractivity contribution < 1.29 is 9.13 Å². The van der Waals surface area contributed by atoms with Crippen LogP contribution in [0, 0.1) is 5.92 Å². The van der Waals surface area contributed by atoms with E-state index in [1.165, 1.54) is 0 Å². The van der Waals surface area contributed by atoms with Gasteiger partial charge in [-0.2, -0.15) is 0 Å². The predicted octanol–water partition coefficient (Wildman–Crippen LogP) is 2.58. The van der Waals surface area contributed by atoms with Gasteiger partial charge in [0.2, 0.25) is 0 Å². The van der Waals surface area contributed by atoms with Crippen LogP contribution in [0.15, 0.2) is 24.3 Å². The van der Waals surface area contributed by atoms with Crippen LogP contribution < -0.4 is 5.73 Å². The summed E-state index contributed by atoms with van der Waals surface area (Å²) >= 11 is 0. The molecule has 0 aliphatic carbocycles. The lowest BCUT2D eigenvalue weighted by Gasteiger charge is -2.25. The summed E-state index contributed by atoms with van der Waals surface area (Å²) in [5.41, 5.74) is 7.27. The molecule has 1 aliphatic rings. The third kappa shape index (κ3) is 2.60. The van der Waals surface area contributed by atoms with E-state index >= 15 is 0 Å². The number of ether oxygens (including phenoxy) is 1. The Kier molecular flexibility index (Phi) is 3.91. The molecule has 1 aromatic carbocycles. The molecule has 0 saturated carbocycles. The zero-order valence-corrected chi connectivity index (χ0v) is 9.36. The first-order valence-electron chi connectivity index (χ1n) is 5.82. The summed E-state index contributed by atoms with van der Waals surface area (Å²) < 4.78 is 19.5. The normalized spacial score (nSPS) is 23.0. The second-order valence-electron chi connectivity index (χ2n) is 4.33. The molecule has 2 rings (SSSR count). The van der Waals surface area contributed by atoms with E-state index in [1.54, 1.807) is 0 Å². The van der Waals surface area contributed by atoms with Gasteiger partial charge in [0.05, 0.1) is 6.61 Å². The van der Waals surface area contributed by atoms with Gasteiger partial charge in [-0.05, 0) is 24.0 Å². The number of benzene rings is 1. The van der Waals surface area contributed by atoms with Crippen LogP contribution >= 0.6 is 0 Å². The smallest absolute Gasteiger partial charge is 0.130 e. The van der Waals surface area contributed by atoms with Crippen molar-refractivity contribution in [3.8, 4) is 0 Å². The van der Waals surface area contributed by atoms with E-state index in [2.05, 4.69) is 0 Å². The number of rotatable bonds is 3. The predicted molar refractivity (Wildman–Crippen MR) is 61.7 cm³/mol. The first-order chi connectivity index (χ1) is 7.81. The topological polar surface area (TPSA) is 35.2 Å². The highest BCUT2D eigenvalue weighted by molar-refractivity contribution is 5.25. The molecular weight excluding hydrogens is 205 g/mol. The second kappa shape index (κ2) is 5.41. The molecule has 1 heterocycles. The quantitative estimate of drug-likeness (QED) is 0.854. The van der Waals surface area contributed by atoms with Crippen molar-refractivity contribution in [2.45, 2.75) is 25.6 Å². The summed E-state index contributed by atoms with van der Waals surface area (Å²) in [4.78, 5) is 0. The van der Waals surface area contributed by atoms with Crippen LogP contribution in [0.1, 0.15) is 30.1 Å². The van der Waals surface area contributed by atoms with Gasteiger partial charge < -0.3 is 10.5 Å². The van der Waals surface area contributed by atoms with E-state index < -0.39 is 6.17 Å². The van der Waals surface area contributed by atoms with Crippen molar-refractivity contribution in [1.29, 1.82) is 0 Å². The van der Waals surface area contributed by atoms with Gasteiger partial charge in [-0.3, -0.25) is 0 Å². The first kappa shape index (κ1) is 11.6. The van der Waals surface area contributed by atoms with Crippen molar-refractivity contribution in [2.24, 2.45) is 11.7 Å². The van der Waals surface area contributed by atoms with Crippen LogP contribution in [0.2, 0.25) is 0 Å². The highest BCUT2D eigenvalue weighted by Crippen LogP contribution is 2.32. The van der Waals surface area contributed by atoms with E-state index in [0.717, 1.165) is 30.6 Å². The Labute approximate surface area is 95.6 Å². The molecule has 2 unspecified atom stereocenters. The summed E-state index contributed by atoms with van der Waals surface area (Å²) in [6, 6.07) is 7.49. The minimum atomic E-state index is -0.924. The van der Waals surface area contributed by atoms with Gasteiger partial charge in [0, 0.05) is 19.1 Å². The lowest BCUT2D eigenvalue weighted by atomic mass is 9.91. The van der Waals surface area contributed by atoms with E-state index in [1.807, 2.05) is 24.3 Å². The average molecular weight is 223 g/mol. The van der Waals surface area contributed by atoms with Crippen molar-refractivity contribution in [1.82, 2.24) is 0 Å². The van der Waals surface area contributed by atoms with Gasteiger partial charge in [0.25, 0.3) is 0 Å². The minimum absolute atomic E-state index is 0.00164. The molecule has 1 fully saturated rings. The number of hydrogen-bond acceptors (Lipinski definition) is 2. The Balaban J connectivity index is 2.09. The Hall–Kier alpha value is -0.930. The highest BCUT2D eigenvalue weighted by Gasteiger charge is 2.25. The SMILES string of the molecule is NCc1cccc(C(F)C2CCCOC2)c1. The molecule has 0 bridgehead atoms. The average Bonchev–Trinajstić information content (AvgIpc) is 2.39. The molecule has 1 aliphatic heterocycles. The zero-order chi connectivity index (χ0) is 11.4. The molecule has 0 radical (unpaired) electrons. The molecule has 0 aromatic heterocycles. The third-order valence-electron chi connectivity index (χ3n) is 3.11. The molecule has 88 valence electrons. The fourth-order valence-corrected chi connectivity index (χ4v) is 2.16. The lowest BCUT2D eigenvalue weighted by molar-refractivity contribution is 0.0197. The molecule has 0 spiro atoms. The maximum absolute atomic E-state index is 14.2. The summed E-state index contributed by atoms with van der Waals surface area (Å²) in [6.45, 7) is 1.77. The fourth-order valence-electron chi connectivity index (χ4n) is 2.16. The fraction of sp³-hybridized carbons (Fsp3) is 0.538. The number of alkyl halides is 1. The molecule has 2 nitrogen and oxygen atoms in total. The molecule has 16 heavy (non-hydrogen) atoms. The minimum Gasteiger partial charge on any atom is -0.381 e. The number of nitrogens with two attached hydrogens (primary N) is 1. The molecular formula is C13H18FNO. The van der Waals surface area contributed by atoms with Crippen LogP contribution in [-0.4, -0.2) is 13.2 Å². The van der Waals surface area contributed by atoms with Gasteiger partial charge in [0.1, 0.15) is 6.17 Å². The third-order valence-corrected chi connectivity index (χ3v) is 3.11. The number of halogens is 1. The van der Waals surface area contributed by atoms with Crippen LogP contribution in [0.4, 0.5) is 4.39 Å². The summed E-state index contributed by atoms with van der Waals surface area (Å²) in [5, 5.41) is 0. The number of hydrogen-bond donors (Lipinski definition) is 1. The summed E-state index contributed by atoms with van der Waals surface area (Å²) in [5.74, 6) is 0.00164. The zero-order valence-electron chi connectivity index (χ0n) is 9.36. The maximum atomic E-state index is 14.2. The van der Waals surface area contributed by atoms with Gasteiger partial charge in [-0.1, -0.05) is 24.3 Å². The van der Waals surface area contributed by atoms with Crippen molar-refractivity contribution in [3.05, 3.63) is 35.4 Å². The molecule has 1 saturated heterocycles. The van der Waals surface area contributed by atoms with Gasteiger partial charge >= 0.3 is 0 Å². The Morgan fingerprint density at radius 1 is 1.50 bits per heavy atom. The monoisotopic (exact) mass is 223 g/mol. The van der Waals surface area contributed by atoms with Gasteiger partial charge in [-0.15, -0.1) is 0 Å². The van der Waals surface area contributed by atoms with Gasteiger partial charge in [-0.25, -0.2) is 4.39 Å². The van der Waals surface area contributed by atoms with Crippen LogP contribution in [0.3, 0.4) is 0 Å². The Bertz CT molecular complexity index is 336. The largest absolute Gasteiger partial charge is 0.381 e. The van der Waals surface area contributed by atoms with Crippen LogP contribution in [0.5, 0.6) is 0 Å². The van der Waals surface area contributed by atoms with Crippen molar-refractivity contribution in [2.75, 3.05) is 13.2 Å². The van der Waals surface area contributed by atoms with Crippen molar-refractivity contribution in [3.63, 3.8) is 0 Å². The van der Waals surface area contributed by atoms with E-state index in [4.69, 9.17) is 10.5 Å². The first-order valence-corrected chi connectivity index (χ1v) is 5.82.